The Balaban J connectivity index is 2.10. The van der Waals surface area contributed by atoms with Gasteiger partial charge in [0.25, 0.3) is 5.69 Å². The minimum Gasteiger partial charge on any atom is -0.380 e. The summed E-state index contributed by atoms with van der Waals surface area (Å²) >= 11 is 9.32. The molecule has 0 bridgehead atoms. The van der Waals surface area contributed by atoms with Crippen molar-refractivity contribution in [2.45, 2.75) is 6.54 Å². The van der Waals surface area contributed by atoms with Gasteiger partial charge < -0.3 is 5.32 Å². The van der Waals surface area contributed by atoms with E-state index < -0.39 is 4.92 Å². The largest absolute Gasteiger partial charge is 0.380 e. The number of nitrogens with one attached hydrogen (secondary N) is 1. The highest BCUT2D eigenvalue weighted by atomic mass is 79.9. The summed E-state index contributed by atoms with van der Waals surface area (Å²) < 4.78 is 0.890. The summed E-state index contributed by atoms with van der Waals surface area (Å²) in [6, 6.07) is 6.25. The van der Waals surface area contributed by atoms with E-state index >= 15 is 0 Å². The molecule has 0 unspecified atom stereocenters. The number of non-ortho nitro benzene ring substituents is 1. The van der Waals surface area contributed by atoms with Crippen LogP contribution < -0.4 is 5.32 Å². The van der Waals surface area contributed by atoms with Crippen LogP contribution in [0.25, 0.3) is 0 Å². The van der Waals surface area contributed by atoms with Gasteiger partial charge in [-0.05, 0) is 33.6 Å². The fraction of sp³-hybridized carbons (Fsp3) is 0.0833. The molecule has 1 aromatic heterocycles. The van der Waals surface area contributed by atoms with Crippen molar-refractivity contribution in [3.63, 3.8) is 0 Å². The van der Waals surface area contributed by atoms with Gasteiger partial charge in [0.05, 0.1) is 15.6 Å². The molecule has 0 aliphatic rings. The molecule has 0 aliphatic carbocycles. The first kappa shape index (κ1) is 13.8. The number of nitro benzene ring substituents is 1. The highest BCUT2D eigenvalue weighted by molar-refractivity contribution is 9.10. The average molecular weight is 343 g/mol. The van der Waals surface area contributed by atoms with Crippen LogP contribution in [0.1, 0.15) is 5.56 Å². The summed E-state index contributed by atoms with van der Waals surface area (Å²) in [5.74, 6) is 0. The van der Waals surface area contributed by atoms with Crippen LogP contribution in [0.4, 0.5) is 11.4 Å². The number of anilines is 1. The molecule has 1 heterocycles. The second kappa shape index (κ2) is 5.99. The zero-order valence-electron chi connectivity index (χ0n) is 9.64. The first-order valence-electron chi connectivity index (χ1n) is 5.33. The maximum Gasteiger partial charge on any atom is 0.271 e. The molecular weight excluding hydrogens is 334 g/mol. The van der Waals surface area contributed by atoms with E-state index in [0.29, 0.717) is 17.3 Å². The molecule has 2 aromatic rings. The third kappa shape index (κ3) is 3.65. The Morgan fingerprint density at radius 1 is 1.37 bits per heavy atom. The Hall–Kier alpha value is -1.66. The zero-order valence-corrected chi connectivity index (χ0v) is 12.0. The number of hydrogen-bond donors (Lipinski definition) is 1. The number of halogens is 2. The number of nitrogens with zero attached hydrogens (tertiary/aromatic N) is 2. The monoisotopic (exact) mass is 341 g/mol. The van der Waals surface area contributed by atoms with Crippen molar-refractivity contribution in [2.75, 3.05) is 5.32 Å². The Bertz CT molecular complexity index is 622. The van der Waals surface area contributed by atoms with Crippen LogP contribution in [0.15, 0.2) is 41.1 Å². The number of rotatable bonds is 4. The maximum atomic E-state index is 10.6. The lowest BCUT2D eigenvalue weighted by molar-refractivity contribution is -0.384. The third-order valence-electron chi connectivity index (χ3n) is 2.41. The van der Waals surface area contributed by atoms with Crippen molar-refractivity contribution in [3.05, 3.63) is 61.8 Å². The van der Waals surface area contributed by atoms with Crippen molar-refractivity contribution in [2.24, 2.45) is 0 Å². The minimum absolute atomic E-state index is 0.0281. The van der Waals surface area contributed by atoms with Crippen LogP contribution in [0.2, 0.25) is 5.02 Å². The predicted molar refractivity (Wildman–Crippen MR) is 77.4 cm³/mol. The van der Waals surface area contributed by atoms with Gasteiger partial charge in [-0.1, -0.05) is 11.6 Å². The first-order valence-corrected chi connectivity index (χ1v) is 6.50. The fourth-order valence-electron chi connectivity index (χ4n) is 1.51. The van der Waals surface area contributed by atoms with Gasteiger partial charge in [-0.15, -0.1) is 0 Å². The van der Waals surface area contributed by atoms with Crippen molar-refractivity contribution < 1.29 is 4.92 Å². The molecule has 0 spiro atoms. The molecule has 0 atom stereocenters. The van der Waals surface area contributed by atoms with Crippen LogP contribution in [0, 0.1) is 10.1 Å². The van der Waals surface area contributed by atoms with Gasteiger partial charge in [-0.25, -0.2) is 0 Å². The molecule has 0 fully saturated rings. The highest BCUT2D eigenvalue weighted by Crippen LogP contribution is 2.27. The molecule has 0 aliphatic heterocycles. The van der Waals surface area contributed by atoms with Crippen molar-refractivity contribution >= 4 is 38.9 Å². The molecule has 1 aromatic carbocycles. The van der Waals surface area contributed by atoms with Gasteiger partial charge in [0, 0.05) is 35.5 Å². The van der Waals surface area contributed by atoms with E-state index in [1.54, 1.807) is 18.5 Å². The lowest BCUT2D eigenvalue weighted by atomic mass is 10.2. The van der Waals surface area contributed by atoms with Crippen LogP contribution >= 0.6 is 27.5 Å². The number of hydrogen-bond acceptors (Lipinski definition) is 4. The summed E-state index contributed by atoms with van der Waals surface area (Å²) in [6.07, 6.45) is 3.43. The van der Waals surface area contributed by atoms with E-state index in [-0.39, 0.29) is 5.69 Å². The molecule has 0 radical (unpaired) electrons. The standard InChI is InChI=1S/C12H9BrClN3O2/c13-9-3-8(5-15-7-9)6-16-12-2-1-10(17(18)19)4-11(12)14/h1-5,7,16H,6H2. The summed E-state index contributed by atoms with van der Waals surface area (Å²) in [6.45, 7) is 0.532. The van der Waals surface area contributed by atoms with Crippen LogP contribution in [0.3, 0.4) is 0 Å². The number of nitro groups is 1. The van der Waals surface area contributed by atoms with Gasteiger partial charge in [0.15, 0.2) is 0 Å². The SMILES string of the molecule is O=[N+]([O-])c1ccc(NCc2cncc(Br)c2)c(Cl)c1. The summed E-state index contributed by atoms with van der Waals surface area (Å²) in [7, 11) is 0. The van der Waals surface area contributed by atoms with Crippen molar-refractivity contribution in [1.29, 1.82) is 0 Å². The molecule has 98 valence electrons. The molecule has 19 heavy (non-hydrogen) atoms. The van der Waals surface area contributed by atoms with E-state index in [1.165, 1.54) is 12.1 Å². The number of aromatic nitrogens is 1. The number of pyridine rings is 1. The predicted octanol–water partition coefficient (Wildman–Crippen LogP) is 4.02. The van der Waals surface area contributed by atoms with Gasteiger partial charge in [-0.3, -0.25) is 15.1 Å². The topological polar surface area (TPSA) is 68.1 Å². The van der Waals surface area contributed by atoms with Gasteiger partial charge in [-0.2, -0.15) is 0 Å². The van der Waals surface area contributed by atoms with E-state index in [0.717, 1.165) is 10.0 Å². The molecule has 0 saturated carbocycles. The summed E-state index contributed by atoms with van der Waals surface area (Å²) in [4.78, 5) is 14.2. The zero-order chi connectivity index (χ0) is 13.8. The molecule has 1 N–H and O–H groups in total. The Morgan fingerprint density at radius 3 is 2.79 bits per heavy atom. The molecule has 0 saturated heterocycles. The van der Waals surface area contributed by atoms with E-state index in [1.807, 2.05) is 6.07 Å². The normalized spacial score (nSPS) is 10.2. The average Bonchev–Trinajstić information content (AvgIpc) is 2.37. The highest BCUT2D eigenvalue weighted by Gasteiger charge is 2.09. The summed E-state index contributed by atoms with van der Waals surface area (Å²) in [5, 5.41) is 14.0. The first-order chi connectivity index (χ1) is 9.06. The van der Waals surface area contributed by atoms with Crippen LogP contribution in [0.5, 0.6) is 0 Å². The van der Waals surface area contributed by atoms with Crippen LogP contribution in [-0.2, 0) is 6.54 Å². The molecule has 2 rings (SSSR count). The minimum atomic E-state index is -0.478. The van der Waals surface area contributed by atoms with Crippen molar-refractivity contribution in [1.82, 2.24) is 4.98 Å². The quantitative estimate of drug-likeness (QED) is 0.673. The Morgan fingerprint density at radius 2 is 2.16 bits per heavy atom. The smallest absolute Gasteiger partial charge is 0.271 e. The second-order valence-corrected chi connectivity index (χ2v) is 5.11. The third-order valence-corrected chi connectivity index (χ3v) is 3.15. The van der Waals surface area contributed by atoms with Gasteiger partial charge in [0.2, 0.25) is 0 Å². The Kier molecular flexibility index (Phi) is 4.34. The lowest BCUT2D eigenvalue weighted by Crippen LogP contribution is -2.01. The van der Waals surface area contributed by atoms with Gasteiger partial charge >= 0.3 is 0 Å². The second-order valence-electron chi connectivity index (χ2n) is 3.79. The maximum absolute atomic E-state index is 10.6. The molecule has 0 amide bonds. The molecule has 7 heteroatoms. The van der Waals surface area contributed by atoms with E-state index in [9.17, 15) is 10.1 Å². The van der Waals surface area contributed by atoms with Crippen molar-refractivity contribution in [3.8, 4) is 0 Å². The van der Waals surface area contributed by atoms with E-state index in [2.05, 4.69) is 26.2 Å². The summed E-state index contributed by atoms with van der Waals surface area (Å²) in [5.41, 5.74) is 1.59. The molecular formula is C12H9BrClN3O2. The van der Waals surface area contributed by atoms with Gasteiger partial charge in [0.1, 0.15) is 0 Å². The molecule has 5 nitrogen and oxygen atoms in total. The fourth-order valence-corrected chi connectivity index (χ4v) is 2.16. The lowest BCUT2D eigenvalue weighted by Gasteiger charge is -2.08. The van der Waals surface area contributed by atoms with E-state index in [4.69, 9.17) is 11.6 Å². The number of benzene rings is 1. The Labute approximate surface area is 122 Å². The van der Waals surface area contributed by atoms with Crippen LogP contribution in [-0.4, -0.2) is 9.91 Å².